The van der Waals surface area contributed by atoms with Gasteiger partial charge in [0, 0.05) is 51.3 Å². The Morgan fingerprint density at radius 1 is 1.35 bits per heavy atom. The third-order valence-electron chi connectivity index (χ3n) is 5.07. The van der Waals surface area contributed by atoms with Gasteiger partial charge in [-0.25, -0.2) is 0 Å². The molecule has 0 radical (unpaired) electrons. The topological polar surface area (TPSA) is 45.0 Å². The number of likely N-dealkylation sites (N-methyl/N-ethyl adjacent to an activating group) is 1. The average Bonchev–Trinajstić information content (AvgIpc) is 2.89. The van der Waals surface area contributed by atoms with E-state index in [4.69, 9.17) is 21.3 Å². The second-order valence-electron chi connectivity index (χ2n) is 7.02. The molecule has 1 aliphatic heterocycles. The summed E-state index contributed by atoms with van der Waals surface area (Å²) in [5, 5.41) is 4.17. The van der Waals surface area contributed by atoms with Gasteiger partial charge in [0.15, 0.2) is 5.96 Å². The lowest BCUT2D eigenvalue weighted by Gasteiger charge is -2.42. The number of rotatable bonds is 6. The summed E-state index contributed by atoms with van der Waals surface area (Å²) in [6.07, 6.45) is 3.96. The summed E-state index contributed by atoms with van der Waals surface area (Å²) >= 11 is 6.10. The number of hydrogen-bond donors (Lipinski definition) is 1. The first kappa shape index (κ1) is 23.5. The van der Waals surface area contributed by atoms with E-state index in [0.29, 0.717) is 0 Å². The van der Waals surface area contributed by atoms with E-state index in [-0.39, 0.29) is 29.5 Å². The van der Waals surface area contributed by atoms with Gasteiger partial charge in [-0.15, -0.1) is 24.0 Å². The van der Waals surface area contributed by atoms with Crippen LogP contribution in [0.2, 0.25) is 5.02 Å². The number of nitrogens with zero attached hydrogens (tertiary/aromatic N) is 4. The number of halogens is 2. The Balaban J connectivity index is 0.00000338. The molecule has 150 valence electrons. The second kappa shape index (κ2) is 10.7. The van der Waals surface area contributed by atoms with Crippen LogP contribution in [0.25, 0.3) is 0 Å². The van der Waals surface area contributed by atoms with Crippen molar-refractivity contribution in [2.24, 2.45) is 12.0 Å². The summed E-state index contributed by atoms with van der Waals surface area (Å²) in [4.78, 5) is 9.41. The molecule has 1 saturated heterocycles. The van der Waals surface area contributed by atoms with Gasteiger partial charge in [-0.1, -0.05) is 11.6 Å². The van der Waals surface area contributed by atoms with Gasteiger partial charge in [-0.05, 0) is 39.9 Å². The third-order valence-corrected chi connectivity index (χ3v) is 5.27. The van der Waals surface area contributed by atoms with Gasteiger partial charge >= 0.3 is 0 Å². The summed E-state index contributed by atoms with van der Waals surface area (Å²) in [5.41, 5.74) is 1.24. The van der Waals surface area contributed by atoms with Crippen molar-refractivity contribution in [1.29, 1.82) is 0 Å². The SMILES string of the molecule is CCNC(=NCC1(N(C)C)CCOCC1)N(C)Cc1cc(Cl)cn1C.I. The fraction of sp³-hybridized carbons (Fsp3) is 0.722. The summed E-state index contributed by atoms with van der Waals surface area (Å²) in [5.74, 6) is 0.924. The van der Waals surface area contributed by atoms with Crippen molar-refractivity contribution in [3.05, 3.63) is 23.0 Å². The van der Waals surface area contributed by atoms with Crippen molar-refractivity contribution >= 4 is 41.5 Å². The Kier molecular flexibility index (Phi) is 9.71. The van der Waals surface area contributed by atoms with Gasteiger partial charge in [0.1, 0.15) is 0 Å². The maximum Gasteiger partial charge on any atom is 0.194 e. The highest BCUT2D eigenvalue weighted by Gasteiger charge is 2.34. The van der Waals surface area contributed by atoms with Crippen molar-refractivity contribution in [2.45, 2.75) is 31.8 Å². The quantitative estimate of drug-likeness (QED) is 0.373. The highest BCUT2D eigenvalue weighted by atomic mass is 127. The number of aliphatic imine (C=N–C) groups is 1. The second-order valence-corrected chi connectivity index (χ2v) is 7.45. The van der Waals surface area contributed by atoms with Crippen LogP contribution in [0, 0.1) is 0 Å². The van der Waals surface area contributed by atoms with Gasteiger partial charge < -0.3 is 24.4 Å². The lowest BCUT2D eigenvalue weighted by Crippen LogP contribution is -2.51. The Hall–Kier alpha value is -0.510. The molecular weight excluding hydrogens is 465 g/mol. The minimum absolute atomic E-state index is 0. The van der Waals surface area contributed by atoms with E-state index < -0.39 is 0 Å². The molecule has 1 fully saturated rings. The predicted octanol–water partition coefficient (Wildman–Crippen LogP) is 2.80. The van der Waals surface area contributed by atoms with E-state index in [9.17, 15) is 0 Å². The van der Waals surface area contributed by atoms with Crippen LogP contribution in [0.4, 0.5) is 0 Å². The van der Waals surface area contributed by atoms with Crippen LogP contribution in [-0.4, -0.2) is 73.3 Å². The predicted molar refractivity (Wildman–Crippen MR) is 120 cm³/mol. The lowest BCUT2D eigenvalue weighted by atomic mass is 9.89. The standard InChI is InChI=1S/C18H32ClN5O.HI/c1-6-20-17(24(5)13-16-11-15(19)12-23(16)4)21-14-18(22(2)3)7-9-25-10-8-18;/h11-12H,6-10,13-14H2,1-5H3,(H,20,21);1H. The minimum Gasteiger partial charge on any atom is -0.381 e. The molecule has 0 aromatic carbocycles. The minimum atomic E-state index is 0. The molecule has 0 spiro atoms. The van der Waals surface area contributed by atoms with Crippen LogP contribution < -0.4 is 5.32 Å². The molecule has 1 aromatic heterocycles. The van der Waals surface area contributed by atoms with Crippen molar-refractivity contribution in [2.75, 3.05) is 47.4 Å². The van der Waals surface area contributed by atoms with Crippen molar-refractivity contribution < 1.29 is 4.74 Å². The molecule has 1 N–H and O–H groups in total. The average molecular weight is 498 g/mol. The molecule has 1 aromatic rings. The van der Waals surface area contributed by atoms with Gasteiger partial charge in [-0.2, -0.15) is 0 Å². The molecule has 0 aliphatic carbocycles. The highest BCUT2D eigenvalue weighted by molar-refractivity contribution is 14.0. The zero-order chi connectivity index (χ0) is 18.4. The maximum absolute atomic E-state index is 6.10. The van der Waals surface area contributed by atoms with Crippen LogP contribution in [0.5, 0.6) is 0 Å². The lowest BCUT2D eigenvalue weighted by molar-refractivity contribution is -0.00263. The summed E-state index contributed by atoms with van der Waals surface area (Å²) in [6, 6.07) is 2.00. The fourth-order valence-electron chi connectivity index (χ4n) is 3.23. The number of aromatic nitrogens is 1. The largest absolute Gasteiger partial charge is 0.381 e. The number of ether oxygens (including phenoxy) is 1. The highest BCUT2D eigenvalue weighted by Crippen LogP contribution is 2.26. The molecule has 0 saturated carbocycles. The Bertz CT molecular complexity index is 584. The first-order chi connectivity index (χ1) is 11.9. The number of nitrogens with one attached hydrogen (secondary N) is 1. The molecule has 8 heteroatoms. The van der Waals surface area contributed by atoms with Gasteiger partial charge in [-0.3, -0.25) is 4.99 Å². The van der Waals surface area contributed by atoms with Crippen LogP contribution in [0.3, 0.4) is 0 Å². The molecule has 0 amide bonds. The van der Waals surface area contributed by atoms with Crippen molar-refractivity contribution in [3.63, 3.8) is 0 Å². The van der Waals surface area contributed by atoms with Crippen molar-refractivity contribution in [1.82, 2.24) is 19.7 Å². The summed E-state index contributed by atoms with van der Waals surface area (Å²) in [6.45, 7) is 6.08. The monoisotopic (exact) mass is 497 g/mol. The maximum atomic E-state index is 6.10. The van der Waals surface area contributed by atoms with Crippen LogP contribution >= 0.6 is 35.6 Å². The van der Waals surface area contributed by atoms with E-state index >= 15 is 0 Å². The smallest absolute Gasteiger partial charge is 0.194 e. The number of guanidine groups is 1. The summed E-state index contributed by atoms with van der Waals surface area (Å²) < 4.78 is 7.61. The Morgan fingerprint density at radius 2 is 2.00 bits per heavy atom. The fourth-order valence-corrected chi connectivity index (χ4v) is 3.50. The molecule has 6 nitrogen and oxygen atoms in total. The molecule has 1 aliphatic rings. The van der Waals surface area contributed by atoms with E-state index in [0.717, 1.165) is 62.4 Å². The number of aryl methyl sites for hydroxylation is 1. The molecular formula is C18H33ClIN5O. The van der Waals surface area contributed by atoms with Crippen LogP contribution in [-0.2, 0) is 18.3 Å². The number of hydrogen-bond acceptors (Lipinski definition) is 3. The zero-order valence-corrected chi connectivity index (χ0v) is 19.7. The van der Waals surface area contributed by atoms with Crippen molar-refractivity contribution in [3.8, 4) is 0 Å². The van der Waals surface area contributed by atoms with Crippen LogP contribution in [0.1, 0.15) is 25.5 Å². The van der Waals surface area contributed by atoms with E-state index in [1.165, 1.54) is 0 Å². The van der Waals surface area contributed by atoms with Gasteiger partial charge in [0.25, 0.3) is 0 Å². The van der Waals surface area contributed by atoms with E-state index in [1.807, 2.05) is 19.3 Å². The third kappa shape index (κ3) is 6.00. The molecule has 26 heavy (non-hydrogen) atoms. The van der Waals surface area contributed by atoms with Gasteiger partial charge in [0.2, 0.25) is 0 Å². The molecule has 0 unspecified atom stereocenters. The van der Waals surface area contributed by atoms with Gasteiger partial charge in [0.05, 0.1) is 18.1 Å². The normalized spacial score (nSPS) is 17.1. The molecule has 0 bridgehead atoms. The Labute approximate surface area is 179 Å². The van der Waals surface area contributed by atoms with E-state index in [1.54, 1.807) is 0 Å². The first-order valence-electron chi connectivity index (χ1n) is 8.93. The molecule has 0 atom stereocenters. The van der Waals surface area contributed by atoms with Crippen LogP contribution in [0.15, 0.2) is 17.3 Å². The zero-order valence-electron chi connectivity index (χ0n) is 16.6. The Morgan fingerprint density at radius 3 is 2.50 bits per heavy atom. The van der Waals surface area contributed by atoms with E-state index in [2.05, 4.69) is 47.8 Å². The molecule has 2 heterocycles. The molecule has 2 rings (SSSR count). The summed E-state index contributed by atoms with van der Waals surface area (Å²) in [7, 11) is 8.36. The first-order valence-corrected chi connectivity index (χ1v) is 9.31.